The maximum absolute atomic E-state index is 13.7. The van der Waals surface area contributed by atoms with E-state index < -0.39 is 64.6 Å². The normalized spacial score (nSPS) is 16.5. The van der Waals surface area contributed by atoms with E-state index in [-0.39, 0.29) is 50.7 Å². The number of urea groups is 2. The van der Waals surface area contributed by atoms with Crippen LogP contribution in [0, 0.1) is 20.2 Å². The molecule has 0 unspecified atom stereocenters. The minimum Gasteiger partial charge on any atom is -0.414 e. The molecule has 9 rings (SSSR count). The summed E-state index contributed by atoms with van der Waals surface area (Å²) in [6, 6.07) is 28.6. The molecule has 2 aliphatic carbocycles. The number of hydrogen-bond donors (Lipinski definition) is 8. The van der Waals surface area contributed by atoms with Gasteiger partial charge < -0.3 is 36.5 Å². The van der Waals surface area contributed by atoms with Crippen LogP contribution in [0.5, 0.6) is 11.5 Å². The first kappa shape index (κ1) is 72.4. The minimum atomic E-state index is -4.00. The van der Waals surface area contributed by atoms with E-state index in [1.54, 1.807) is 78.2 Å². The van der Waals surface area contributed by atoms with Gasteiger partial charge >= 0.3 is 23.6 Å². The van der Waals surface area contributed by atoms with E-state index in [0.29, 0.717) is 52.7 Å². The Bertz CT molecular complexity index is 4010. The monoisotopic (exact) mass is 1440 g/mol. The number of nitro benzene ring substituents is 2. The van der Waals surface area contributed by atoms with Crippen molar-refractivity contribution in [3.63, 3.8) is 0 Å². The third kappa shape index (κ3) is 22.3. The van der Waals surface area contributed by atoms with Crippen molar-refractivity contribution in [3.8, 4) is 32.4 Å². The van der Waals surface area contributed by atoms with Crippen LogP contribution in [0.3, 0.4) is 0 Å². The van der Waals surface area contributed by atoms with E-state index in [1.165, 1.54) is 83.3 Å². The Morgan fingerprint density at radius 3 is 1.47 bits per heavy atom. The van der Waals surface area contributed by atoms with Gasteiger partial charge in [0.1, 0.15) is 11.5 Å². The molecule has 5 amide bonds. The molecule has 0 spiro atoms. The lowest BCUT2D eigenvalue weighted by Gasteiger charge is -2.27. The van der Waals surface area contributed by atoms with Crippen LogP contribution < -0.4 is 50.3 Å². The minimum absolute atomic E-state index is 0.0259. The molecular formula is C61H70BrClN12O14S4. The Hall–Kier alpha value is -8.01. The van der Waals surface area contributed by atoms with Crippen LogP contribution in [-0.4, -0.2) is 83.4 Å². The maximum atomic E-state index is 13.7. The highest BCUT2D eigenvalue weighted by atomic mass is 79.9. The molecule has 2 saturated carbocycles. The topological polar surface area (TPSA) is 377 Å². The Kier molecular flexibility index (Phi) is 25.1. The van der Waals surface area contributed by atoms with E-state index in [9.17, 15) is 56.2 Å². The van der Waals surface area contributed by atoms with Gasteiger partial charge in [-0.2, -0.15) is 0 Å². The Labute approximate surface area is 559 Å². The summed E-state index contributed by atoms with van der Waals surface area (Å²) in [5.41, 5.74) is 6.11. The molecule has 32 heteroatoms. The summed E-state index contributed by atoms with van der Waals surface area (Å²) in [4.78, 5) is 77.8. The van der Waals surface area contributed by atoms with Crippen LogP contribution in [0.1, 0.15) is 120 Å². The average Bonchev–Trinajstić information content (AvgIpc) is 1.79. The Balaban J connectivity index is 0.000000235. The number of benzene rings is 5. The molecule has 5 aromatic carbocycles. The van der Waals surface area contributed by atoms with Crippen molar-refractivity contribution in [3.05, 3.63) is 163 Å². The zero-order valence-corrected chi connectivity index (χ0v) is 56.9. The molecule has 2 fully saturated rings. The fraction of sp³-hybridized carbons (Fsp3) is 0.344. The van der Waals surface area contributed by atoms with Crippen molar-refractivity contribution in [2.75, 3.05) is 10.6 Å². The average molecular weight is 1440 g/mol. The number of hydrogen-bond acceptors (Lipinski definition) is 19. The van der Waals surface area contributed by atoms with E-state index in [2.05, 4.69) is 65.9 Å². The van der Waals surface area contributed by atoms with Gasteiger partial charge in [0, 0.05) is 112 Å². The van der Waals surface area contributed by atoms with Gasteiger partial charge in [-0.1, -0.05) is 42.5 Å². The molecule has 0 bridgehead atoms. The fourth-order valence-electron chi connectivity index (χ4n) is 9.80. The first-order valence-electron chi connectivity index (χ1n) is 29.0. The molecule has 2 heterocycles. The number of carbonyl (C=O) groups is 4. The van der Waals surface area contributed by atoms with Crippen molar-refractivity contribution in [2.24, 2.45) is 5.73 Å². The molecule has 2 aliphatic rings. The largest absolute Gasteiger partial charge is 0.414 e. The molecule has 0 radical (unpaired) electrons. The summed E-state index contributed by atoms with van der Waals surface area (Å²) in [5, 5.41) is 33.9. The number of halogens is 2. The molecule has 93 heavy (non-hydrogen) atoms. The van der Waals surface area contributed by atoms with Crippen LogP contribution >= 0.6 is 50.4 Å². The zero-order valence-electron chi connectivity index (χ0n) is 51.3. The molecule has 2 aromatic heterocycles. The quantitative estimate of drug-likeness (QED) is 0.0182. The van der Waals surface area contributed by atoms with Crippen molar-refractivity contribution >= 4 is 117 Å². The van der Waals surface area contributed by atoms with Crippen LogP contribution in [0.2, 0.25) is 0 Å². The van der Waals surface area contributed by atoms with Gasteiger partial charge in [-0.25, -0.2) is 55.4 Å². The van der Waals surface area contributed by atoms with Gasteiger partial charge in [0.2, 0.25) is 20.0 Å². The van der Waals surface area contributed by atoms with Crippen molar-refractivity contribution in [1.29, 1.82) is 0 Å². The zero-order chi connectivity index (χ0) is 67.8. The van der Waals surface area contributed by atoms with Crippen LogP contribution in [0.25, 0.3) is 20.9 Å². The summed E-state index contributed by atoms with van der Waals surface area (Å²) >= 11 is 10.7. The second kappa shape index (κ2) is 32.2. The number of sulfonamides is 2. The van der Waals surface area contributed by atoms with E-state index in [0.717, 1.165) is 59.0 Å². The van der Waals surface area contributed by atoms with E-state index >= 15 is 0 Å². The number of anilines is 2. The maximum Gasteiger partial charge on any atom is 0.412 e. The smallest absolute Gasteiger partial charge is 0.412 e. The fourth-order valence-corrected chi connectivity index (χ4v) is 15.7. The summed E-state index contributed by atoms with van der Waals surface area (Å²) < 4.78 is 71.2. The van der Waals surface area contributed by atoms with Crippen LogP contribution in [-0.2, 0) is 26.6 Å². The number of ether oxygens (including phenoxy) is 2. The van der Waals surface area contributed by atoms with Gasteiger partial charge in [0.05, 0.1) is 55.6 Å². The highest BCUT2D eigenvalue weighted by Gasteiger charge is 2.31. The molecule has 9 N–H and O–H groups in total. The van der Waals surface area contributed by atoms with Gasteiger partial charge in [-0.3, -0.25) is 24.6 Å². The summed E-state index contributed by atoms with van der Waals surface area (Å²) in [6.45, 7) is 10.9. The molecule has 496 valence electrons. The van der Waals surface area contributed by atoms with Crippen molar-refractivity contribution in [2.45, 2.75) is 144 Å². The number of nitro groups is 2. The predicted octanol–water partition coefficient (Wildman–Crippen LogP) is 13.6. The molecule has 0 atom stereocenters. The summed E-state index contributed by atoms with van der Waals surface area (Å²) in [5.74, 6) is 0.867. The third-order valence-corrected chi connectivity index (χ3v) is 20.3. The lowest BCUT2D eigenvalue weighted by atomic mass is 9.86. The van der Waals surface area contributed by atoms with Crippen LogP contribution in [0.4, 0.5) is 41.9 Å². The lowest BCUT2D eigenvalue weighted by Crippen LogP contribution is -2.40. The lowest BCUT2D eigenvalue weighted by molar-refractivity contribution is -0.385. The summed E-state index contributed by atoms with van der Waals surface area (Å²) in [6.07, 6.45) is 9.63. The number of aromatic nitrogens is 2. The number of carbonyl (C=O) groups excluding carboxylic acids is 4. The SMILES string of the molecule is CC(C)(C)NS(=O)(=O)c1cc(NC(=O)NBr)ccc1-c1cnc(C2CCC(N)CC2)s1.CC(C)(C)NS(=O)(=O)c1cc(NC(=O)NCc2ccccc2)ccc1-c1cnc(C2CCC(NC(=O)Oc3ccc([N+](=O)[O-])cc3)CC2)s1.O=C(Cl)Oc1ccc([N+](=O)[O-])cc1. The number of non-ortho nitro benzene ring substituents is 2. The highest BCUT2D eigenvalue weighted by molar-refractivity contribution is 9.08. The molecule has 7 aromatic rings. The molecule has 0 aliphatic heterocycles. The number of rotatable bonds is 17. The summed E-state index contributed by atoms with van der Waals surface area (Å²) in [7, 11) is -7.85. The second-order valence-electron chi connectivity index (χ2n) is 23.6. The van der Waals surface area contributed by atoms with E-state index in [1.807, 2.05) is 30.3 Å². The number of nitrogens with two attached hydrogens (primary N) is 1. The highest BCUT2D eigenvalue weighted by Crippen LogP contribution is 2.42. The Morgan fingerprint density at radius 1 is 0.624 bits per heavy atom. The number of nitrogens with zero attached hydrogens (tertiary/aromatic N) is 4. The van der Waals surface area contributed by atoms with E-state index in [4.69, 9.17) is 22.1 Å². The predicted molar refractivity (Wildman–Crippen MR) is 360 cm³/mol. The van der Waals surface area contributed by atoms with Gasteiger partial charge in [-0.05, 0) is 147 Å². The number of thiazole rings is 2. The standard InChI is InChI=1S/C34H38N6O7S2.C20H28BrN5O3S2.C7H4ClNO4/c1-34(2,3)39-49(45,46)30-19-25(37-32(41)36-20-22-7-5-4-6-8-22)13-18-28(30)29-21-35-31(48-29)23-9-11-24(12-10-23)38-33(42)47-27-16-14-26(15-17-27)40(43)44;1-20(2,3)26-31(28,29)17-10-14(24-19(27)25-21)8-9-15(17)16-11-23-18(30-16)12-4-6-13(22)7-5-12;8-7(10)13-6-3-1-5(2-4-6)9(11)12/h4-8,13-19,21,23-24,39H,9-12,20H2,1-3H3,(H,38,42)(H2,36,37,41);8-13,26H,4-7,22H2,1-3H3,(H2,24,25,27);1-4H. The van der Waals surface area contributed by atoms with Crippen molar-refractivity contribution < 1.29 is 55.3 Å². The first-order valence-corrected chi connectivity index (χ1v) is 34.8. The van der Waals surface area contributed by atoms with Crippen LogP contribution in [0.15, 0.2) is 137 Å². The second-order valence-corrected chi connectivity index (χ2v) is 29.8. The first-order chi connectivity index (χ1) is 43.8. The van der Waals surface area contributed by atoms with Crippen molar-refractivity contribution in [1.82, 2.24) is 34.4 Å². The number of nitrogens with one attached hydrogen (secondary N) is 7. The Morgan fingerprint density at radius 2 is 1.05 bits per heavy atom. The van der Waals surface area contributed by atoms with Gasteiger partial charge in [0.25, 0.3) is 11.4 Å². The third-order valence-electron chi connectivity index (χ3n) is 13.9. The van der Waals surface area contributed by atoms with Gasteiger partial charge in [-0.15, -0.1) is 22.7 Å². The van der Waals surface area contributed by atoms with Gasteiger partial charge in [0.15, 0.2) is 0 Å². The molecule has 0 saturated heterocycles. The number of amides is 5. The molecular weight excluding hydrogens is 1370 g/mol. The molecule has 26 nitrogen and oxygen atoms in total.